The number of aromatic nitrogens is 1. The molecule has 0 bridgehead atoms. The quantitative estimate of drug-likeness (QED) is 0.905. The van der Waals surface area contributed by atoms with E-state index in [1.54, 1.807) is 12.1 Å². The molecule has 0 spiro atoms. The van der Waals surface area contributed by atoms with Crippen LogP contribution < -0.4 is 0 Å². The van der Waals surface area contributed by atoms with Crippen LogP contribution >= 0.6 is 11.6 Å². The first-order valence-electron chi connectivity index (χ1n) is 6.65. The predicted molar refractivity (Wildman–Crippen MR) is 76.4 cm³/mol. The molecule has 1 atom stereocenters. The van der Waals surface area contributed by atoms with E-state index >= 15 is 0 Å². The number of nitrogens with zero attached hydrogens (tertiary/aromatic N) is 1. The van der Waals surface area contributed by atoms with Crippen molar-refractivity contribution in [1.29, 1.82) is 0 Å². The molecule has 0 radical (unpaired) electrons. The molecule has 0 fully saturated rings. The molecule has 1 aliphatic carbocycles. The van der Waals surface area contributed by atoms with E-state index in [0.29, 0.717) is 5.02 Å². The number of aryl methyl sites for hydroxylation is 2. The summed E-state index contributed by atoms with van der Waals surface area (Å²) in [6.45, 7) is 0. The van der Waals surface area contributed by atoms with Crippen LogP contribution in [-0.4, -0.2) is 10.1 Å². The fourth-order valence-corrected chi connectivity index (χ4v) is 2.72. The standard InChI is InChI=1S/C16H16ClNO/c17-14-7-5-11(6-8-14)16(19)15-9-12-3-1-2-4-13(12)10-18-15/h5-10,16,19H,1-4H2. The molecule has 1 aliphatic rings. The van der Waals surface area contributed by atoms with Gasteiger partial charge in [0.1, 0.15) is 6.10 Å². The molecule has 1 unspecified atom stereocenters. The third-order valence-electron chi connectivity index (χ3n) is 3.71. The van der Waals surface area contributed by atoms with Gasteiger partial charge in [-0.05, 0) is 60.6 Å². The summed E-state index contributed by atoms with van der Waals surface area (Å²) < 4.78 is 0. The molecular weight excluding hydrogens is 258 g/mol. The zero-order valence-electron chi connectivity index (χ0n) is 10.6. The minimum Gasteiger partial charge on any atom is -0.382 e. The number of halogens is 1. The van der Waals surface area contributed by atoms with Gasteiger partial charge in [-0.15, -0.1) is 0 Å². The van der Waals surface area contributed by atoms with Crippen molar-refractivity contribution in [3.8, 4) is 0 Å². The van der Waals surface area contributed by atoms with Crippen LogP contribution in [0, 0.1) is 0 Å². The molecule has 0 saturated heterocycles. The maximum Gasteiger partial charge on any atom is 0.121 e. The Morgan fingerprint density at radius 1 is 1.05 bits per heavy atom. The summed E-state index contributed by atoms with van der Waals surface area (Å²) >= 11 is 5.86. The lowest BCUT2D eigenvalue weighted by Gasteiger charge is -2.18. The number of pyridine rings is 1. The molecule has 1 aromatic heterocycles. The van der Waals surface area contributed by atoms with Crippen molar-refractivity contribution < 1.29 is 5.11 Å². The lowest BCUT2D eigenvalue weighted by atomic mass is 9.92. The highest BCUT2D eigenvalue weighted by molar-refractivity contribution is 6.30. The second-order valence-corrected chi connectivity index (χ2v) is 5.48. The Morgan fingerprint density at radius 2 is 1.74 bits per heavy atom. The highest BCUT2D eigenvalue weighted by atomic mass is 35.5. The largest absolute Gasteiger partial charge is 0.382 e. The Bertz CT molecular complexity index is 580. The second-order valence-electron chi connectivity index (χ2n) is 5.04. The fourth-order valence-electron chi connectivity index (χ4n) is 2.60. The van der Waals surface area contributed by atoms with E-state index in [9.17, 15) is 5.11 Å². The van der Waals surface area contributed by atoms with Gasteiger partial charge in [-0.1, -0.05) is 23.7 Å². The van der Waals surface area contributed by atoms with E-state index in [4.69, 9.17) is 11.6 Å². The minimum absolute atomic E-state index is 0.675. The highest BCUT2D eigenvalue weighted by Crippen LogP contribution is 2.26. The first-order chi connectivity index (χ1) is 9.24. The van der Waals surface area contributed by atoms with Gasteiger partial charge in [0.05, 0.1) is 5.69 Å². The van der Waals surface area contributed by atoms with Crippen molar-refractivity contribution in [2.75, 3.05) is 0 Å². The van der Waals surface area contributed by atoms with Crippen LogP contribution in [0.25, 0.3) is 0 Å². The van der Waals surface area contributed by atoms with Gasteiger partial charge in [-0.25, -0.2) is 0 Å². The molecule has 2 aromatic rings. The van der Waals surface area contributed by atoms with Crippen LogP contribution in [0.1, 0.15) is 41.3 Å². The third kappa shape index (κ3) is 2.65. The van der Waals surface area contributed by atoms with Gasteiger partial charge >= 0.3 is 0 Å². The van der Waals surface area contributed by atoms with Crippen LogP contribution in [0.3, 0.4) is 0 Å². The third-order valence-corrected chi connectivity index (χ3v) is 3.96. The van der Waals surface area contributed by atoms with Crippen molar-refractivity contribution >= 4 is 11.6 Å². The molecule has 98 valence electrons. The van der Waals surface area contributed by atoms with E-state index in [1.165, 1.54) is 24.0 Å². The van der Waals surface area contributed by atoms with E-state index in [0.717, 1.165) is 24.1 Å². The van der Waals surface area contributed by atoms with E-state index in [-0.39, 0.29) is 0 Å². The monoisotopic (exact) mass is 273 g/mol. The molecule has 0 amide bonds. The normalized spacial score (nSPS) is 15.9. The zero-order chi connectivity index (χ0) is 13.2. The van der Waals surface area contributed by atoms with Gasteiger partial charge in [-0.3, -0.25) is 4.98 Å². The van der Waals surface area contributed by atoms with Gasteiger partial charge in [0.2, 0.25) is 0 Å². The van der Waals surface area contributed by atoms with E-state index in [1.807, 2.05) is 24.4 Å². The van der Waals surface area contributed by atoms with Crippen LogP contribution in [-0.2, 0) is 12.8 Å². The summed E-state index contributed by atoms with van der Waals surface area (Å²) in [6, 6.07) is 9.31. The molecule has 1 aromatic carbocycles. The van der Waals surface area contributed by atoms with Crippen LogP contribution in [0.5, 0.6) is 0 Å². The number of aliphatic hydroxyl groups is 1. The minimum atomic E-state index is -0.676. The number of aliphatic hydroxyl groups excluding tert-OH is 1. The SMILES string of the molecule is OC(c1ccc(Cl)cc1)c1cc2c(cn1)CCCC2. The highest BCUT2D eigenvalue weighted by Gasteiger charge is 2.16. The van der Waals surface area contributed by atoms with Crippen LogP contribution in [0.4, 0.5) is 0 Å². The lowest BCUT2D eigenvalue weighted by Crippen LogP contribution is -2.08. The number of hydrogen-bond acceptors (Lipinski definition) is 2. The van der Waals surface area contributed by atoms with Gasteiger partial charge in [0.25, 0.3) is 0 Å². The summed E-state index contributed by atoms with van der Waals surface area (Å²) in [5.41, 5.74) is 4.22. The average Bonchev–Trinajstić information content (AvgIpc) is 2.47. The topological polar surface area (TPSA) is 33.1 Å². The number of fused-ring (bicyclic) bond motifs is 1. The maximum atomic E-state index is 10.4. The summed E-state index contributed by atoms with van der Waals surface area (Å²) in [6.07, 6.45) is 5.92. The van der Waals surface area contributed by atoms with Crippen LogP contribution in [0.15, 0.2) is 36.5 Å². The Hall–Kier alpha value is -1.38. The lowest BCUT2D eigenvalue weighted by molar-refractivity contribution is 0.215. The van der Waals surface area contributed by atoms with Crippen molar-refractivity contribution in [2.45, 2.75) is 31.8 Å². The predicted octanol–water partition coefficient (Wildman–Crippen LogP) is 3.70. The zero-order valence-corrected chi connectivity index (χ0v) is 11.4. The number of benzene rings is 1. The smallest absolute Gasteiger partial charge is 0.121 e. The van der Waals surface area contributed by atoms with E-state index in [2.05, 4.69) is 4.98 Å². The molecule has 1 heterocycles. The molecule has 2 nitrogen and oxygen atoms in total. The first-order valence-corrected chi connectivity index (χ1v) is 7.03. The molecule has 0 aliphatic heterocycles. The molecular formula is C16H16ClNO. The average molecular weight is 274 g/mol. The molecule has 19 heavy (non-hydrogen) atoms. The van der Waals surface area contributed by atoms with Gasteiger partial charge < -0.3 is 5.11 Å². The number of rotatable bonds is 2. The van der Waals surface area contributed by atoms with Gasteiger partial charge in [-0.2, -0.15) is 0 Å². The molecule has 1 N–H and O–H groups in total. The summed E-state index contributed by atoms with van der Waals surface area (Å²) in [7, 11) is 0. The Labute approximate surface area is 118 Å². The fraction of sp³-hybridized carbons (Fsp3) is 0.312. The van der Waals surface area contributed by atoms with Crippen molar-refractivity contribution in [1.82, 2.24) is 4.98 Å². The summed E-state index contributed by atoms with van der Waals surface area (Å²) in [4.78, 5) is 4.41. The summed E-state index contributed by atoms with van der Waals surface area (Å²) in [5.74, 6) is 0. The Morgan fingerprint density at radius 3 is 2.47 bits per heavy atom. The summed E-state index contributed by atoms with van der Waals surface area (Å²) in [5, 5.41) is 11.1. The maximum absolute atomic E-state index is 10.4. The van der Waals surface area contributed by atoms with Crippen molar-refractivity contribution in [2.24, 2.45) is 0 Å². The van der Waals surface area contributed by atoms with Crippen molar-refractivity contribution in [3.63, 3.8) is 0 Å². The van der Waals surface area contributed by atoms with Gasteiger partial charge in [0.15, 0.2) is 0 Å². The van der Waals surface area contributed by atoms with E-state index < -0.39 is 6.10 Å². The number of hydrogen-bond donors (Lipinski definition) is 1. The van der Waals surface area contributed by atoms with Gasteiger partial charge in [0, 0.05) is 11.2 Å². The van der Waals surface area contributed by atoms with Crippen LogP contribution in [0.2, 0.25) is 5.02 Å². The Kier molecular flexibility index (Phi) is 3.54. The molecule has 3 rings (SSSR count). The second kappa shape index (κ2) is 5.32. The van der Waals surface area contributed by atoms with Crippen molar-refractivity contribution in [3.05, 3.63) is 63.9 Å². The Balaban J connectivity index is 1.91. The first kappa shape index (κ1) is 12.6. The molecule has 0 saturated carbocycles. The molecule has 3 heteroatoms.